The van der Waals surface area contributed by atoms with E-state index in [2.05, 4.69) is 5.32 Å². The number of carbonyl (C=O) groups is 2. The molecule has 1 atom stereocenters. The van der Waals surface area contributed by atoms with Crippen LogP contribution < -0.4 is 5.32 Å². The molecule has 1 heterocycles. The average Bonchev–Trinajstić information content (AvgIpc) is 3.13. The van der Waals surface area contributed by atoms with Crippen molar-refractivity contribution in [3.63, 3.8) is 0 Å². The Hall–Kier alpha value is -2.18. The van der Waals surface area contributed by atoms with Crippen molar-refractivity contribution in [3.8, 4) is 0 Å². The Morgan fingerprint density at radius 1 is 1.27 bits per heavy atom. The van der Waals surface area contributed by atoms with Gasteiger partial charge in [0.1, 0.15) is 12.6 Å². The topological polar surface area (TPSA) is 58.6 Å². The molecule has 0 aromatic heterocycles. The SMILES string of the molecule is Cc1cc(Cl)ccc1NC(=O)[C@H]1CSCN1C(=O)OCc1ccccc1. The maximum absolute atomic E-state index is 12.6. The number of thioether (sulfide) groups is 1. The average molecular weight is 391 g/mol. The number of nitrogens with one attached hydrogen (secondary N) is 1. The van der Waals surface area contributed by atoms with Crippen LogP contribution in [-0.4, -0.2) is 34.6 Å². The van der Waals surface area contributed by atoms with Gasteiger partial charge in [-0.05, 0) is 36.2 Å². The van der Waals surface area contributed by atoms with Gasteiger partial charge in [-0.25, -0.2) is 4.79 Å². The number of hydrogen-bond acceptors (Lipinski definition) is 4. The first-order valence-electron chi connectivity index (χ1n) is 8.16. The number of anilines is 1. The molecule has 2 amide bonds. The number of ether oxygens (including phenoxy) is 1. The molecule has 3 rings (SSSR count). The van der Waals surface area contributed by atoms with E-state index < -0.39 is 12.1 Å². The van der Waals surface area contributed by atoms with Crippen LogP contribution in [0.4, 0.5) is 10.5 Å². The summed E-state index contributed by atoms with van der Waals surface area (Å²) in [7, 11) is 0. The van der Waals surface area contributed by atoms with Gasteiger partial charge in [0.2, 0.25) is 5.91 Å². The largest absolute Gasteiger partial charge is 0.445 e. The number of benzene rings is 2. The number of hydrogen-bond donors (Lipinski definition) is 1. The number of amides is 2. The second-order valence-corrected chi connectivity index (χ2v) is 7.41. The van der Waals surface area contributed by atoms with Crippen LogP contribution >= 0.6 is 23.4 Å². The molecule has 1 N–H and O–H groups in total. The highest BCUT2D eigenvalue weighted by Gasteiger charge is 2.35. The highest BCUT2D eigenvalue weighted by Crippen LogP contribution is 2.25. The molecular formula is C19H19ClN2O3S. The number of nitrogens with zero attached hydrogens (tertiary/aromatic N) is 1. The Bertz CT molecular complexity index is 801. The zero-order chi connectivity index (χ0) is 18.5. The fraction of sp³-hybridized carbons (Fsp3) is 0.263. The molecular weight excluding hydrogens is 372 g/mol. The summed E-state index contributed by atoms with van der Waals surface area (Å²) in [6.07, 6.45) is -0.480. The molecule has 1 aliphatic rings. The van der Waals surface area contributed by atoms with Gasteiger partial charge in [-0.15, -0.1) is 11.8 Å². The van der Waals surface area contributed by atoms with Gasteiger partial charge >= 0.3 is 6.09 Å². The third kappa shape index (κ3) is 4.51. The van der Waals surface area contributed by atoms with Gasteiger partial charge in [0.25, 0.3) is 0 Å². The van der Waals surface area contributed by atoms with E-state index in [-0.39, 0.29) is 12.5 Å². The minimum Gasteiger partial charge on any atom is -0.445 e. The van der Waals surface area contributed by atoms with Crippen LogP contribution in [0.25, 0.3) is 0 Å². The first-order valence-corrected chi connectivity index (χ1v) is 9.70. The summed E-state index contributed by atoms with van der Waals surface area (Å²) in [5.41, 5.74) is 2.47. The second kappa shape index (κ2) is 8.47. The maximum atomic E-state index is 12.6. The molecule has 0 radical (unpaired) electrons. The molecule has 1 aliphatic heterocycles. The molecule has 0 spiro atoms. The van der Waals surface area contributed by atoms with Crippen molar-refractivity contribution in [3.05, 3.63) is 64.7 Å². The molecule has 5 nitrogen and oxygen atoms in total. The summed E-state index contributed by atoms with van der Waals surface area (Å²) in [4.78, 5) is 26.5. The summed E-state index contributed by atoms with van der Waals surface area (Å²) >= 11 is 7.47. The molecule has 0 bridgehead atoms. The molecule has 136 valence electrons. The van der Waals surface area contributed by atoms with Crippen molar-refractivity contribution >= 4 is 41.1 Å². The lowest BCUT2D eigenvalue weighted by Gasteiger charge is -2.23. The molecule has 2 aromatic rings. The first-order chi connectivity index (χ1) is 12.5. The van der Waals surface area contributed by atoms with E-state index in [0.29, 0.717) is 22.3 Å². The van der Waals surface area contributed by atoms with E-state index in [1.165, 1.54) is 16.7 Å². The van der Waals surface area contributed by atoms with E-state index in [1.807, 2.05) is 37.3 Å². The minimum atomic E-state index is -0.557. The van der Waals surface area contributed by atoms with Crippen LogP contribution in [0.5, 0.6) is 0 Å². The summed E-state index contributed by atoms with van der Waals surface area (Å²) in [5, 5.41) is 3.49. The van der Waals surface area contributed by atoms with Gasteiger partial charge in [-0.1, -0.05) is 41.9 Å². The maximum Gasteiger partial charge on any atom is 0.411 e. The fourth-order valence-corrected chi connectivity index (χ4v) is 3.99. The number of halogens is 1. The first kappa shape index (κ1) is 18.6. The standard InChI is InChI=1S/C19H19ClN2O3S/c1-13-9-15(20)7-8-16(13)21-18(23)17-11-26-12-22(17)19(24)25-10-14-5-3-2-4-6-14/h2-9,17H,10-12H2,1H3,(H,21,23)/t17-/m1/s1. The van der Waals surface area contributed by atoms with Crippen LogP contribution in [0, 0.1) is 6.92 Å². The Kier molecular flexibility index (Phi) is 6.06. The van der Waals surface area contributed by atoms with Gasteiger partial charge in [0.05, 0.1) is 5.88 Å². The summed E-state index contributed by atoms with van der Waals surface area (Å²) in [6.45, 7) is 2.06. The third-order valence-corrected chi connectivity index (χ3v) is 5.32. The Morgan fingerprint density at radius 2 is 2.04 bits per heavy atom. The van der Waals surface area contributed by atoms with Crippen molar-refractivity contribution in [2.45, 2.75) is 19.6 Å². The van der Waals surface area contributed by atoms with Gasteiger partial charge < -0.3 is 10.1 Å². The Balaban J connectivity index is 1.61. The highest BCUT2D eigenvalue weighted by molar-refractivity contribution is 7.99. The Morgan fingerprint density at radius 3 is 2.77 bits per heavy atom. The normalized spacial score (nSPS) is 16.4. The molecule has 1 fully saturated rings. The van der Waals surface area contributed by atoms with Crippen molar-refractivity contribution in [1.29, 1.82) is 0 Å². The van der Waals surface area contributed by atoms with Crippen molar-refractivity contribution < 1.29 is 14.3 Å². The zero-order valence-electron chi connectivity index (χ0n) is 14.3. The van der Waals surface area contributed by atoms with Crippen LogP contribution in [-0.2, 0) is 16.1 Å². The van der Waals surface area contributed by atoms with Crippen LogP contribution in [0.1, 0.15) is 11.1 Å². The lowest BCUT2D eigenvalue weighted by atomic mass is 10.2. The number of rotatable bonds is 4. The van der Waals surface area contributed by atoms with Crippen LogP contribution in [0.15, 0.2) is 48.5 Å². The lowest BCUT2D eigenvalue weighted by Crippen LogP contribution is -2.44. The monoisotopic (exact) mass is 390 g/mol. The summed E-state index contributed by atoms with van der Waals surface area (Å²) < 4.78 is 5.36. The fourth-order valence-electron chi connectivity index (χ4n) is 2.63. The van der Waals surface area contributed by atoms with Gasteiger partial charge in [0.15, 0.2) is 0 Å². The zero-order valence-corrected chi connectivity index (χ0v) is 15.8. The molecule has 2 aromatic carbocycles. The molecule has 26 heavy (non-hydrogen) atoms. The summed E-state index contributed by atoms with van der Waals surface area (Å²) in [6, 6.07) is 14.2. The van der Waals surface area contributed by atoms with E-state index in [0.717, 1.165) is 11.1 Å². The van der Waals surface area contributed by atoms with Crippen molar-refractivity contribution in [1.82, 2.24) is 4.90 Å². The van der Waals surface area contributed by atoms with Crippen LogP contribution in [0.2, 0.25) is 5.02 Å². The van der Waals surface area contributed by atoms with Crippen LogP contribution in [0.3, 0.4) is 0 Å². The van der Waals surface area contributed by atoms with Crippen molar-refractivity contribution in [2.75, 3.05) is 16.9 Å². The van der Waals surface area contributed by atoms with Gasteiger partial charge in [0, 0.05) is 16.5 Å². The van der Waals surface area contributed by atoms with E-state index in [4.69, 9.17) is 16.3 Å². The lowest BCUT2D eigenvalue weighted by molar-refractivity contribution is -0.119. The van der Waals surface area contributed by atoms with Gasteiger partial charge in [-0.2, -0.15) is 0 Å². The third-order valence-electron chi connectivity index (χ3n) is 4.07. The quantitative estimate of drug-likeness (QED) is 0.845. The number of aryl methyl sites for hydroxylation is 1. The molecule has 0 aliphatic carbocycles. The van der Waals surface area contributed by atoms with Crippen molar-refractivity contribution in [2.24, 2.45) is 0 Å². The smallest absolute Gasteiger partial charge is 0.411 e. The Labute approximate surface area is 161 Å². The minimum absolute atomic E-state index is 0.186. The molecule has 7 heteroatoms. The highest BCUT2D eigenvalue weighted by atomic mass is 35.5. The van der Waals surface area contributed by atoms with E-state index in [9.17, 15) is 9.59 Å². The van der Waals surface area contributed by atoms with E-state index in [1.54, 1.807) is 18.2 Å². The summed E-state index contributed by atoms with van der Waals surface area (Å²) in [5.74, 6) is 0.751. The number of carbonyl (C=O) groups excluding carboxylic acids is 2. The van der Waals surface area contributed by atoms with E-state index >= 15 is 0 Å². The predicted octanol–water partition coefficient (Wildman–Crippen LogP) is 4.30. The van der Waals surface area contributed by atoms with Gasteiger partial charge in [-0.3, -0.25) is 9.69 Å². The molecule has 1 saturated heterocycles. The predicted molar refractivity (Wildman–Crippen MR) is 104 cm³/mol. The molecule has 0 saturated carbocycles. The second-order valence-electron chi connectivity index (χ2n) is 5.97. The molecule has 0 unspecified atom stereocenters.